The van der Waals surface area contributed by atoms with Gasteiger partial charge in [-0.1, -0.05) is 34.1 Å². The summed E-state index contributed by atoms with van der Waals surface area (Å²) in [6, 6.07) is -8.97. The minimum Gasteiger partial charge on any atom is -0.481 e. The van der Waals surface area contributed by atoms with E-state index in [-0.39, 0.29) is 18.6 Å². The molecule has 0 aromatic heterocycles. The van der Waals surface area contributed by atoms with Crippen molar-refractivity contribution in [3.8, 4) is 0 Å². The number of aliphatic carboxylic acids is 3. The zero-order valence-electron chi connectivity index (χ0n) is 26.5. The number of nitrogens with two attached hydrogens (primary N) is 2. The van der Waals surface area contributed by atoms with Crippen LogP contribution in [0.3, 0.4) is 0 Å². The van der Waals surface area contributed by atoms with Crippen molar-refractivity contribution in [3.63, 3.8) is 0 Å². The monoisotopic (exact) mass is 691 g/mol. The second-order valence-corrected chi connectivity index (χ2v) is 11.5. The Morgan fingerprint density at radius 3 is 1.55 bits per heavy atom. The molecule has 0 aromatic carbocycles. The van der Waals surface area contributed by atoms with E-state index < -0.39 is 114 Å². The lowest BCUT2D eigenvalue weighted by Crippen LogP contribution is -2.61. The molecule has 7 atom stereocenters. The molecule has 0 saturated carbocycles. The van der Waals surface area contributed by atoms with Gasteiger partial charge in [0.25, 0.3) is 0 Å². The number of primary amides is 1. The standard InChI is InChI=1S/C27H45N7O12S/c1-5-12(4)21(34-23(41)14(6-7-17(29)35)30-22(40)13(28)10-47)26(44)31-15(8-18(36)37)24(42)33-20(11(2)3)25(43)32-16(27(45)46)9-19(38)39/h11-16,20-21,47H,5-10,28H2,1-4H3,(H2,29,35)(H,30,40)(H,31,44)(H,32,43)(H,33,42)(H,34,41)(H,36,37)(H,38,39)(H,45,46). The lowest BCUT2D eigenvalue weighted by Gasteiger charge is -2.29. The average molecular weight is 692 g/mol. The van der Waals surface area contributed by atoms with Crippen molar-refractivity contribution < 1.29 is 58.5 Å². The minimum absolute atomic E-state index is 0.0667. The first-order valence-electron chi connectivity index (χ1n) is 14.6. The van der Waals surface area contributed by atoms with Crippen LogP contribution in [0, 0.1) is 11.8 Å². The maximum atomic E-state index is 13.4. The maximum absolute atomic E-state index is 13.4. The summed E-state index contributed by atoms with van der Waals surface area (Å²) in [5.74, 6) is -11.8. The number of nitrogens with one attached hydrogen (secondary N) is 5. The van der Waals surface area contributed by atoms with E-state index >= 15 is 0 Å². The molecule has 12 N–H and O–H groups in total. The fourth-order valence-corrected chi connectivity index (χ4v) is 4.11. The average Bonchev–Trinajstić information content (AvgIpc) is 2.97. The van der Waals surface area contributed by atoms with Crippen LogP contribution in [0.5, 0.6) is 0 Å². The highest BCUT2D eigenvalue weighted by molar-refractivity contribution is 7.80. The first-order chi connectivity index (χ1) is 21.7. The van der Waals surface area contributed by atoms with Gasteiger partial charge in [-0.15, -0.1) is 0 Å². The fraction of sp³-hybridized carbons (Fsp3) is 0.667. The molecule has 20 heteroatoms. The molecule has 6 amide bonds. The summed E-state index contributed by atoms with van der Waals surface area (Å²) in [6.07, 6.45) is -2.20. The summed E-state index contributed by atoms with van der Waals surface area (Å²) in [7, 11) is 0. The molecule has 0 rings (SSSR count). The minimum atomic E-state index is -1.84. The molecule has 0 heterocycles. The van der Waals surface area contributed by atoms with Gasteiger partial charge in [0.2, 0.25) is 35.4 Å². The van der Waals surface area contributed by atoms with Crippen LogP contribution in [-0.4, -0.2) is 111 Å². The number of rotatable bonds is 22. The van der Waals surface area contributed by atoms with Gasteiger partial charge in [-0.05, 0) is 18.3 Å². The Kier molecular flexibility index (Phi) is 18.7. The largest absolute Gasteiger partial charge is 0.481 e. The van der Waals surface area contributed by atoms with Crippen molar-refractivity contribution in [2.75, 3.05) is 5.75 Å². The van der Waals surface area contributed by atoms with E-state index in [1.807, 2.05) is 5.32 Å². The molecule has 0 bridgehead atoms. The normalized spacial score (nSPS) is 15.4. The summed E-state index contributed by atoms with van der Waals surface area (Å²) in [4.78, 5) is 110. The van der Waals surface area contributed by atoms with Gasteiger partial charge in [-0.25, -0.2) is 4.79 Å². The molecule has 0 radical (unpaired) electrons. The highest BCUT2D eigenvalue weighted by Crippen LogP contribution is 2.11. The third-order valence-electron chi connectivity index (χ3n) is 6.89. The quantitative estimate of drug-likeness (QED) is 0.0496. The predicted molar refractivity (Wildman–Crippen MR) is 166 cm³/mol. The van der Waals surface area contributed by atoms with E-state index in [2.05, 4.69) is 33.9 Å². The number of amides is 6. The van der Waals surface area contributed by atoms with E-state index in [9.17, 15) is 53.4 Å². The highest BCUT2D eigenvalue weighted by atomic mass is 32.1. The molecule has 266 valence electrons. The second kappa shape index (κ2) is 20.6. The summed E-state index contributed by atoms with van der Waals surface area (Å²) >= 11 is 3.93. The smallest absolute Gasteiger partial charge is 0.326 e. The van der Waals surface area contributed by atoms with Gasteiger partial charge in [0, 0.05) is 12.2 Å². The Bertz CT molecular complexity index is 1180. The topological polar surface area (TPSA) is 327 Å². The Morgan fingerprint density at radius 1 is 0.660 bits per heavy atom. The number of hydrogen-bond acceptors (Lipinski definition) is 11. The summed E-state index contributed by atoms with van der Waals surface area (Å²) in [5.41, 5.74) is 10.8. The number of hydrogen-bond donors (Lipinski definition) is 11. The molecule has 19 nitrogen and oxygen atoms in total. The molecule has 47 heavy (non-hydrogen) atoms. The number of carboxylic acids is 3. The summed E-state index contributed by atoms with van der Waals surface area (Å²) in [6.45, 7) is 6.18. The Hall–Kier alpha value is -4.46. The van der Waals surface area contributed by atoms with Crippen LogP contribution in [0.15, 0.2) is 0 Å². The van der Waals surface area contributed by atoms with E-state index in [0.29, 0.717) is 6.42 Å². The molecule has 7 unspecified atom stereocenters. The Labute approximate surface area is 276 Å². The van der Waals surface area contributed by atoms with Gasteiger partial charge in [0.1, 0.15) is 30.2 Å². The first kappa shape index (κ1) is 42.5. The van der Waals surface area contributed by atoms with Crippen LogP contribution in [0.1, 0.15) is 59.8 Å². The van der Waals surface area contributed by atoms with E-state index in [1.54, 1.807) is 13.8 Å². The third-order valence-corrected chi connectivity index (χ3v) is 7.28. The predicted octanol–water partition coefficient (Wildman–Crippen LogP) is -3.33. The van der Waals surface area contributed by atoms with Crippen LogP contribution in [-0.2, 0) is 43.2 Å². The lowest BCUT2D eigenvalue weighted by atomic mass is 9.96. The van der Waals surface area contributed by atoms with Crippen LogP contribution < -0.4 is 38.1 Å². The van der Waals surface area contributed by atoms with Crippen molar-refractivity contribution in [3.05, 3.63) is 0 Å². The molecule has 0 aliphatic carbocycles. The molecule has 0 fully saturated rings. The van der Waals surface area contributed by atoms with Crippen molar-refractivity contribution >= 4 is 66.0 Å². The number of carbonyl (C=O) groups excluding carboxylic acids is 6. The van der Waals surface area contributed by atoms with Crippen molar-refractivity contribution in [1.82, 2.24) is 26.6 Å². The summed E-state index contributed by atoms with van der Waals surface area (Å²) in [5, 5.41) is 39.0. The first-order valence-corrected chi connectivity index (χ1v) is 15.2. The number of thiol groups is 1. The Morgan fingerprint density at radius 2 is 1.11 bits per heavy atom. The zero-order chi connectivity index (χ0) is 36.6. The maximum Gasteiger partial charge on any atom is 0.326 e. The second-order valence-electron chi connectivity index (χ2n) is 11.1. The van der Waals surface area contributed by atoms with E-state index in [1.165, 1.54) is 13.8 Å². The fourth-order valence-electron chi connectivity index (χ4n) is 3.94. The van der Waals surface area contributed by atoms with E-state index in [4.69, 9.17) is 16.6 Å². The number of carbonyl (C=O) groups is 9. The van der Waals surface area contributed by atoms with Gasteiger partial charge in [0.05, 0.1) is 18.9 Å². The van der Waals surface area contributed by atoms with Gasteiger partial charge < -0.3 is 53.4 Å². The van der Waals surface area contributed by atoms with Crippen molar-refractivity contribution in [1.29, 1.82) is 0 Å². The third kappa shape index (κ3) is 15.6. The number of carboxylic acid groups (broad SMARTS) is 3. The van der Waals surface area contributed by atoms with E-state index in [0.717, 1.165) is 0 Å². The SMILES string of the molecule is CCC(C)C(NC(=O)C(CCC(N)=O)NC(=O)C(N)CS)C(=O)NC(CC(=O)O)C(=O)NC(C(=O)NC(CC(=O)O)C(=O)O)C(C)C. The summed E-state index contributed by atoms with van der Waals surface area (Å²) < 4.78 is 0. The van der Waals surface area contributed by atoms with Crippen LogP contribution >= 0.6 is 12.6 Å². The molecule has 0 spiro atoms. The molecular weight excluding hydrogens is 646 g/mol. The van der Waals surface area contributed by atoms with Crippen LogP contribution in [0.4, 0.5) is 0 Å². The Balaban J connectivity index is 6.14. The molecular formula is C27H45N7O12S. The van der Waals surface area contributed by atoms with Gasteiger partial charge in [-0.3, -0.25) is 38.4 Å². The zero-order valence-corrected chi connectivity index (χ0v) is 27.4. The van der Waals surface area contributed by atoms with Crippen LogP contribution in [0.2, 0.25) is 0 Å². The van der Waals surface area contributed by atoms with Gasteiger partial charge in [0.15, 0.2) is 0 Å². The highest BCUT2D eigenvalue weighted by Gasteiger charge is 2.36. The molecule has 0 aromatic rings. The van der Waals surface area contributed by atoms with Crippen molar-refractivity contribution in [2.45, 2.75) is 96.1 Å². The van der Waals surface area contributed by atoms with Crippen molar-refractivity contribution in [2.24, 2.45) is 23.3 Å². The lowest BCUT2D eigenvalue weighted by molar-refractivity contribution is -0.147. The van der Waals surface area contributed by atoms with Crippen LogP contribution in [0.25, 0.3) is 0 Å². The van der Waals surface area contributed by atoms with Gasteiger partial charge >= 0.3 is 17.9 Å². The van der Waals surface area contributed by atoms with Gasteiger partial charge in [-0.2, -0.15) is 12.6 Å². The molecule has 0 aliphatic rings. The molecule has 0 saturated heterocycles. The molecule has 0 aliphatic heterocycles.